The van der Waals surface area contributed by atoms with Gasteiger partial charge in [-0.15, -0.1) is 15.3 Å². The molecule has 5 rings (SSSR count). The summed E-state index contributed by atoms with van der Waals surface area (Å²) in [6, 6.07) is 16.1. The number of rotatable bonds is 9. The minimum absolute atomic E-state index is 0.132. The number of carbonyl (C=O) groups is 1. The lowest BCUT2D eigenvalue weighted by atomic mass is 10.2. The third kappa shape index (κ3) is 4.49. The molecule has 34 heavy (non-hydrogen) atoms. The van der Waals surface area contributed by atoms with Crippen molar-refractivity contribution >= 4 is 11.6 Å². The maximum atomic E-state index is 12.1. The Morgan fingerprint density at radius 3 is 2.85 bits per heavy atom. The number of aromatic nitrogens is 4. The van der Waals surface area contributed by atoms with Gasteiger partial charge in [0, 0.05) is 12.1 Å². The summed E-state index contributed by atoms with van der Waals surface area (Å²) in [5.41, 5.74) is 1.33. The molecule has 0 aliphatic carbocycles. The van der Waals surface area contributed by atoms with E-state index in [1.807, 2.05) is 24.3 Å². The second kappa shape index (κ2) is 9.53. The van der Waals surface area contributed by atoms with Crippen molar-refractivity contribution in [1.82, 2.24) is 25.1 Å². The standard InChI is InChI=1S/C23H21N5O6/c1-30-17-5-3-2-4-16(17)23-26-25-20-8-9-22(27-28(20)23)31-11-10-24-21(29)13-32-15-6-7-18-19(12-15)34-14-33-18/h2-9,12H,10-11,13-14H2,1H3,(H,24,29). The normalized spacial score (nSPS) is 11.9. The van der Waals surface area contributed by atoms with Crippen molar-refractivity contribution in [2.75, 3.05) is 33.7 Å². The number of para-hydroxylation sites is 1. The molecule has 0 atom stereocenters. The molecule has 11 nitrogen and oxygen atoms in total. The Kier molecular flexibility index (Phi) is 5.97. The molecular weight excluding hydrogens is 442 g/mol. The van der Waals surface area contributed by atoms with Gasteiger partial charge in [-0.25, -0.2) is 0 Å². The van der Waals surface area contributed by atoms with Gasteiger partial charge in [0.1, 0.15) is 18.1 Å². The second-order valence-electron chi connectivity index (χ2n) is 7.17. The van der Waals surface area contributed by atoms with Crippen LogP contribution < -0.4 is 29.0 Å². The van der Waals surface area contributed by atoms with Crippen molar-refractivity contribution < 1.29 is 28.5 Å². The van der Waals surface area contributed by atoms with Crippen molar-refractivity contribution in [1.29, 1.82) is 0 Å². The van der Waals surface area contributed by atoms with E-state index in [1.165, 1.54) is 0 Å². The van der Waals surface area contributed by atoms with Crippen LogP contribution in [-0.2, 0) is 4.79 Å². The van der Waals surface area contributed by atoms with Crippen LogP contribution in [0.5, 0.6) is 28.9 Å². The summed E-state index contributed by atoms with van der Waals surface area (Å²) in [5.74, 6) is 3.06. The number of nitrogens with one attached hydrogen (secondary N) is 1. The van der Waals surface area contributed by atoms with Crippen LogP contribution in [0.3, 0.4) is 0 Å². The van der Waals surface area contributed by atoms with Crippen LogP contribution in [0.1, 0.15) is 0 Å². The van der Waals surface area contributed by atoms with Crippen LogP contribution in [0.25, 0.3) is 17.0 Å². The highest BCUT2D eigenvalue weighted by Gasteiger charge is 2.15. The molecule has 1 amide bonds. The van der Waals surface area contributed by atoms with Crippen LogP contribution in [-0.4, -0.2) is 59.4 Å². The van der Waals surface area contributed by atoms with E-state index in [9.17, 15) is 4.79 Å². The Balaban J connectivity index is 1.14. The highest BCUT2D eigenvalue weighted by Crippen LogP contribution is 2.35. The highest BCUT2D eigenvalue weighted by atomic mass is 16.7. The molecule has 0 bridgehead atoms. The van der Waals surface area contributed by atoms with Crippen LogP contribution in [0, 0.1) is 0 Å². The Labute approximate surface area is 194 Å². The van der Waals surface area contributed by atoms with E-state index in [4.69, 9.17) is 23.7 Å². The maximum Gasteiger partial charge on any atom is 0.258 e. The SMILES string of the molecule is COc1ccccc1-c1nnc2ccc(OCCNC(=O)COc3ccc4c(c3)OCO4)nn12. The molecular formula is C23H21N5O6. The molecule has 174 valence electrons. The van der Waals surface area contributed by atoms with Crippen LogP contribution in [0.4, 0.5) is 0 Å². The predicted molar refractivity (Wildman–Crippen MR) is 119 cm³/mol. The monoisotopic (exact) mass is 463 g/mol. The first-order chi connectivity index (χ1) is 16.7. The number of carbonyl (C=O) groups excluding carboxylic acids is 1. The predicted octanol–water partition coefficient (Wildman–Crippen LogP) is 2.10. The van der Waals surface area contributed by atoms with Crippen molar-refractivity contribution in [3.8, 4) is 40.3 Å². The topological polar surface area (TPSA) is 118 Å². The molecule has 0 radical (unpaired) electrons. The number of hydrogen-bond acceptors (Lipinski definition) is 9. The number of nitrogens with zero attached hydrogens (tertiary/aromatic N) is 4. The fourth-order valence-electron chi connectivity index (χ4n) is 3.36. The van der Waals surface area contributed by atoms with E-state index in [1.54, 1.807) is 42.0 Å². The second-order valence-corrected chi connectivity index (χ2v) is 7.17. The zero-order chi connectivity index (χ0) is 23.3. The Morgan fingerprint density at radius 1 is 1.06 bits per heavy atom. The van der Waals surface area contributed by atoms with Crippen LogP contribution in [0.2, 0.25) is 0 Å². The zero-order valence-electron chi connectivity index (χ0n) is 18.3. The molecule has 11 heteroatoms. The van der Waals surface area contributed by atoms with Crippen molar-refractivity contribution in [3.05, 3.63) is 54.6 Å². The molecule has 0 unspecified atom stereocenters. The van der Waals surface area contributed by atoms with Crippen molar-refractivity contribution in [2.45, 2.75) is 0 Å². The smallest absolute Gasteiger partial charge is 0.258 e. The van der Waals surface area contributed by atoms with E-state index >= 15 is 0 Å². The first kappa shape index (κ1) is 21.3. The zero-order valence-corrected chi connectivity index (χ0v) is 18.3. The van der Waals surface area contributed by atoms with Gasteiger partial charge in [-0.2, -0.15) is 4.52 Å². The Hall–Kier alpha value is -4.54. The minimum Gasteiger partial charge on any atom is -0.496 e. The lowest BCUT2D eigenvalue weighted by Crippen LogP contribution is -2.32. The lowest BCUT2D eigenvalue weighted by Gasteiger charge is -2.09. The Bertz CT molecular complexity index is 1320. The quantitative estimate of drug-likeness (QED) is 0.372. The van der Waals surface area contributed by atoms with Gasteiger partial charge >= 0.3 is 0 Å². The van der Waals surface area contributed by atoms with E-state index in [0.717, 1.165) is 5.56 Å². The average molecular weight is 463 g/mol. The summed E-state index contributed by atoms with van der Waals surface area (Å²) in [4.78, 5) is 12.1. The number of hydrogen-bond donors (Lipinski definition) is 1. The van der Waals surface area contributed by atoms with E-state index in [-0.39, 0.29) is 32.5 Å². The van der Waals surface area contributed by atoms with Crippen LogP contribution >= 0.6 is 0 Å². The van der Waals surface area contributed by atoms with Gasteiger partial charge in [0.05, 0.1) is 19.2 Å². The molecule has 0 fully saturated rings. The highest BCUT2D eigenvalue weighted by molar-refractivity contribution is 5.77. The summed E-state index contributed by atoms with van der Waals surface area (Å²) in [5, 5.41) is 15.6. The van der Waals surface area contributed by atoms with Gasteiger partial charge in [-0.3, -0.25) is 4.79 Å². The summed E-state index contributed by atoms with van der Waals surface area (Å²) < 4.78 is 28.7. The molecule has 1 aliphatic rings. The molecule has 0 saturated heterocycles. The summed E-state index contributed by atoms with van der Waals surface area (Å²) >= 11 is 0. The summed E-state index contributed by atoms with van der Waals surface area (Å²) in [6.45, 7) is 0.554. The number of benzene rings is 2. The average Bonchev–Trinajstić information content (AvgIpc) is 3.51. The number of methoxy groups -OCH3 is 1. The minimum atomic E-state index is -0.276. The lowest BCUT2D eigenvalue weighted by molar-refractivity contribution is -0.123. The van der Waals surface area contributed by atoms with E-state index in [2.05, 4.69) is 20.6 Å². The number of amides is 1. The first-order valence-electron chi connectivity index (χ1n) is 10.5. The fraction of sp³-hybridized carbons (Fsp3) is 0.217. The molecule has 1 N–H and O–H groups in total. The molecule has 1 aliphatic heterocycles. The van der Waals surface area contributed by atoms with E-state index in [0.29, 0.717) is 40.3 Å². The third-order valence-electron chi connectivity index (χ3n) is 4.97. The molecule has 2 aromatic heterocycles. The summed E-state index contributed by atoms with van der Waals surface area (Å²) in [7, 11) is 1.60. The van der Waals surface area contributed by atoms with Crippen molar-refractivity contribution in [3.63, 3.8) is 0 Å². The fourth-order valence-corrected chi connectivity index (χ4v) is 3.36. The number of ether oxygens (including phenoxy) is 5. The van der Waals surface area contributed by atoms with Gasteiger partial charge in [0.2, 0.25) is 12.7 Å². The van der Waals surface area contributed by atoms with Gasteiger partial charge in [0.15, 0.2) is 29.6 Å². The Morgan fingerprint density at radius 2 is 1.94 bits per heavy atom. The maximum absolute atomic E-state index is 12.1. The molecule has 2 aromatic carbocycles. The molecule has 3 heterocycles. The van der Waals surface area contributed by atoms with Crippen LogP contribution in [0.15, 0.2) is 54.6 Å². The first-order valence-corrected chi connectivity index (χ1v) is 10.5. The van der Waals surface area contributed by atoms with Gasteiger partial charge < -0.3 is 29.0 Å². The van der Waals surface area contributed by atoms with Crippen molar-refractivity contribution in [2.24, 2.45) is 0 Å². The van der Waals surface area contributed by atoms with Gasteiger partial charge in [-0.05, 0) is 30.3 Å². The third-order valence-corrected chi connectivity index (χ3v) is 4.97. The molecule has 4 aromatic rings. The van der Waals surface area contributed by atoms with Gasteiger partial charge in [0.25, 0.3) is 5.91 Å². The summed E-state index contributed by atoms with van der Waals surface area (Å²) in [6.07, 6.45) is 0. The molecule has 0 spiro atoms. The largest absolute Gasteiger partial charge is 0.496 e. The van der Waals surface area contributed by atoms with E-state index < -0.39 is 0 Å². The van der Waals surface area contributed by atoms with Gasteiger partial charge in [-0.1, -0.05) is 12.1 Å². The molecule has 0 saturated carbocycles. The number of fused-ring (bicyclic) bond motifs is 2.